The van der Waals surface area contributed by atoms with Crippen LogP contribution in [0.15, 0.2) is 57.5 Å². The molecule has 3 aromatic carbocycles. The molecule has 0 saturated carbocycles. The number of anilines is 1. The summed E-state index contributed by atoms with van der Waals surface area (Å²) in [7, 11) is 0. The smallest absolute Gasteiger partial charge is 0.416 e. The first kappa shape index (κ1) is 24.1. The molecular weight excluding hydrogens is 610 g/mol. The number of ether oxygens (including phenoxy) is 1. The van der Waals surface area contributed by atoms with Gasteiger partial charge in [-0.15, -0.1) is 0 Å². The predicted octanol–water partition coefficient (Wildman–Crippen LogP) is 8.61. The Morgan fingerprint density at radius 2 is 1.67 bits per heavy atom. The van der Waals surface area contributed by atoms with Gasteiger partial charge in [0.2, 0.25) is 0 Å². The van der Waals surface area contributed by atoms with E-state index in [0.717, 1.165) is 17.7 Å². The average Bonchev–Trinajstić information content (AvgIpc) is 3.04. The van der Waals surface area contributed by atoms with Crippen molar-refractivity contribution >= 4 is 78.3 Å². The van der Waals surface area contributed by atoms with E-state index < -0.39 is 17.6 Å². The van der Waals surface area contributed by atoms with Gasteiger partial charge in [-0.25, -0.2) is 0 Å². The highest BCUT2D eigenvalue weighted by Gasteiger charge is 2.33. The van der Waals surface area contributed by atoms with Crippen molar-refractivity contribution < 1.29 is 22.7 Å². The number of hydrogen-bond acceptors (Lipinski definition) is 2. The standard InChI is InChI=1S/C23H12Br2Cl2F3NO2/c24-16-6-12(7-17(25)21(16)33-10-11-1-4-18(26)19(27)8-11)5-15-14-3-2-13(23(28,29)30)9-20(14)31-22(15)32/h1-9H,10H2,(H,31,32)/b15-5-. The highest BCUT2D eigenvalue weighted by Crippen LogP contribution is 2.40. The number of hydrogen-bond donors (Lipinski definition) is 1. The molecule has 0 unspecified atom stereocenters. The van der Waals surface area contributed by atoms with Crippen molar-refractivity contribution in [1.82, 2.24) is 0 Å². The Morgan fingerprint density at radius 3 is 2.30 bits per heavy atom. The second kappa shape index (κ2) is 9.33. The molecule has 0 atom stereocenters. The first-order chi connectivity index (χ1) is 15.5. The maximum Gasteiger partial charge on any atom is 0.416 e. The minimum absolute atomic E-state index is 0.126. The molecule has 0 saturated heterocycles. The third-order valence-electron chi connectivity index (χ3n) is 4.83. The maximum atomic E-state index is 13.0. The molecule has 1 heterocycles. The van der Waals surface area contributed by atoms with Gasteiger partial charge in [0.25, 0.3) is 5.91 Å². The fourth-order valence-electron chi connectivity index (χ4n) is 3.27. The minimum Gasteiger partial charge on any atom is -0.487 e. The van der Waals surface area contributed by atoms with Crippen molar-refractivity contribution in [3.8, 4) is 5.75 Å². The molecule has 3 nitrogen and oxygen atoms in total. The average molecular weight is 622 g/mol. The van der Waals surface area contributed by atoms with E-state index in [1.54, 1.807) is 36.4 Å². The SMILES string of the molecule is O=C1Nc2cc(C(F)(F)F)ccc2/C1=C/c1cc(Br)c(OCc2ccc(Cl)c(Cl)c2)c(Br)c1. The molecule has 0 bridgehead atoms. The van der Waals surface area contributed by atoms with E-state index in [0.29, 0.717) is 35.9 Å². The van der Waals surface area contributed by atoms with Crippen LogP contribution in [-0.2, 0) is 17.6 Å². The van der Waals surface area contributed by atoms with Crippen molar-refractivity contribution in [3.63, 3.8) is 0 Å². The normalized spacial score (nSPS) is 14.4. The van der Waals surface area contributed by atoms with Crippen LogP contribution < -0.4 is 10.1 Å². The topological polar surface area (TPSA) is 38.3 Å². The molecule has 0 spiro atoms. The molecule has 0 aliphatic carbocycles. The van der Waals surface area contributed by atoms with Crippen LogP contribution in [0, 0.1) is 0 Å². The van der Waals surface area contributed by atoms with Crippen molar-refractivity contribution in [2.75, 3.05) is 5.32 Å². The minimum atomic E-state index is -4.49. The molecule has 0 fully saturated rings. The summed E-state index contributed by atoms with van der Waals surface area (Å²) in [5.41, 5.74) is 1.44. The molecule has 1 amide bonds. The molecule has 0 radical (unpaired) electrons. The second-order valence-electron chi connectivity index (χ2n) is 7.12. The first-order valence-corrected chi connectivity index (χ1v) is 11.7. The summed E-state index contributed by atoms with van der Waals surface area (Å²) in [6, 6.07) is 11.9. The van der Waals surface area contributed by atoms with Gasteiger partial charge < -0.3 is 10.1 Å². The zero-order chi connectivity index (χ0) is 23.9. The number of halogens is 7. The predicted molar refractivity (Wildman–Crippen MR) is 131 cm³/mol. The summed E-state index contributed by atoms with van der Waals surface area (Å²) >= 11 is 18.9. The summed E-state index contributed by atoms with van der Waals surface area (Å²) < 4.78 is 46.0. The van der Waals surface area contributed by atoms with E-state index in [4.69, 9.17) is 27.9 Å². The summed E-state index contributed by atoms with van der Waals surface area (Å²) in [5, 5.41) is 3.37. The lowest BCUT2D eigenvalue weighted by molar-refractivity contribution is -0.137. The van der Waals surface area contributed by atoms with Gasteiger partial charge in [0, 0.05) is 16.8 Å². The van der Waals surface area contributed by atoms with Gasteiger partial charge in [0.1, 0.15) is 12.4 Å². The lowest BCUT2D eigenvalue weighted by Gasteiger charge is -2.12. The Kier molecular flexibility index (Phi) is 6.82. The maximum absolute atomic E-state index is 13.0. The third kappa shape index (κ3) is 5.24. The number of fused-ring (bicyclic) bond motifs is 1. The Bertz CT molecular complexity index is 1290. The lowest BCUT2D eigenvalue weighted by Crippen LogP contribution is -2.06. The van der Waals surface area contributed by atoms with Gasteiger partial charge >= 0.3 is 6.18 Å². The van der Waals surface area contributed by atoms with E-state index in [9.17, 15) is 18.0 Å². The number of amides is 1. The summed E-state index contributed by atoms with van der Waals surface area (Å²) in [4.78, 5) is 12.4. The Morgan fingerprint density at radius 1 is 0.970 bits per heavy atom. The van der Waals surface area contributed by atoms with E-state index in [-0.39, 0.29) is 17.9 Å². The van der Waals surface area contributed by atoms with Gasteiger partial charge in [-0.05, 0) is 85.5 Å². The van der Waals surface area contributed by atoms with E-state index >= 15 is 0 Å². The summed E-state index contributed by atoms with van der Waals surface area (Å²) in [5.74, 6) is 0.0610. The molecule has 33 heavy (non-hydrogen) atoms. The zero-order valence-corrected chi connectivity index (χ0v) is 21.0. The molecule has 4 rings (SSSR count). The Hall–Kier alpha value is -2.00. The van der Waals surface area contributed by atoms with Crippen molar-refractivity contribution in [3.05, 3.63) is 89.8 Å². The number of rotatable bonds is 4. The number of carbonyl (C=O) groups excluding carboxylic acids is 1. The third-order valence-corrected chi connectivity index (χ3v) is 6.75. The fourth-order valence-corrected chi connectivity index (χ4v) is 5.04. The van der Waals surface area contributed by atoms with E-state index in [2.05, 4.69) is 37.2 Å². The van der Waals surface area contributed by atoms with Crippen molar-refractivity contribution in [1.29, 1.82) is 0 Å². The monoisotopic (exact) mass is 619 g/mol. The number of benzene rings is 3. The first-order valence-electron chi connectivity index (χ1n) is 9.33. The van der Waals surface area contributed by atoms with Crippen LogP contribution in [0.3, 0.4) is 0 Å². The van der Waals surface area contributed by atoms with Gasteiger partial charge in [-0.1, -0.05) is 35.3 Å². The molecule has 3 aromatic rings. The van der Waals surface area contributed by atoms with Crippen molar-refractivity contribution in [2.45, 2.75) is 12.8 Å². The van der Waals surface area contributed by atoms with E-state index in [1.165, 1.54) is 6.07 Å². The molecule has 1 aliphatic rings. The molecule has 0 aromatic heterocycles. The van der Waals surface area contributed by atoms with Crippen LogP contribution >= 0.6 is 55.1 Å². The molecule has 10 heteroatoms. The summed E-state index contributed by atoms with van der Waals surface area (Å²) in [6.07, 6.45) is -2.89. The molecule has 170 valence electrons. The van der Waals surface area contributed by atoms with Crippen LogP contribution in [0.2, 0.25) is 10.0 Å². The Labute approximate surface area is 213 Å². The second-order valence-corrected chi connectivity index (χ2v) is 9.64. The summed E-state index contributed by atoms with van der Waals surface area (Å²) in [6.45, 7) is 0.242. The highest BCUT2D eigenvalue weighted by molar-refractivity contribution is 9.11. The Balaban J connectivity index is 1.60. The van der Waals surface area contributed by atoms with E-state index in [1.807, 2.05) is 0 Å². The van der Waals surface area contributed by atoms with Gasteiger partial charge in [0.15, 0.2) is 0 Å². The van der Waals surface area contributed by atoms with Crippen LogP contribution in [0.1, 0.15) is 22.3 Å². The largest absolute Gasteiger partial charge is 0.487 e. The highest BCUT2D eigenvalue weighted by atomic mass is 79.9. The van der Waals surface area contributed by atoms with Crippen LogP contribution in [0.4, 0.5) is 18.9 Å². The van der Waals surface area contributed by atoms with Gasteiger partial charge in [0.05, 0.1) is 24.6 Å². The molecule has 1 N–H and O–H groups in total. The van der Waals surface area contributed by atoms with Crippen LogP contribution in [0.5, 0.6) is 5.75 Å². The lowest BCUT2D eigenvalue weighted by atomic mass is 10.0. The zero-order valence-electron chi connectivity index (χ0n) is 16.4. The van der Waals surface area contributed by atoms with Crippen molar-refractivity contribution in [2.24, 2.45) is 0 Å². The number of alkyl halides is 3. The van der Waals surface area contributed by atoms with Crippen LogP contribution in [0.25, 0.3) is 11.6 Å². The number of carbonyl (C=O) groups is 1. The quantitative estimate of drug-likeness (QED) is 0.296. The van der Waals surface area contributed by atoms with Crippen LogP contribution in [-0.4, -0.2) is 5.91 Å². The molecule has 1 aliphatic heterocycles. The number of nitrogens with one attached hydrogen (secondary N) is 1. The fraction of sp³-hybridized carbons (Fsp3) is 0.0870. The van der Waals surface area contributed by atoms with Gasteiger partial charge in [-0.2, -0.15) is 13.2 Å². The van der Waals surface area contributed by atoms with Gasteiger partial charge in [-0.3, -0.25) is 4.79 Å². The molecular formula is C23H12Br2Cl2F3NO2.